The number of anilines is 4. The number of hydrogen-bond acceptors (Lipinski definition) is 4. The van der Waals surface area contributed by atoms with Crippen LogP contribution in [-0.4, -0.2) is 20.8 Å². The number of pyridine rings is 1. The third-order valence-corrected chi connectivity index (χ3v) is 14.1. The highest BCUT2D eigenvalue weighted by molar-refractivity contribution is 6.10. The van der Waals surface area contributed by atoms with Crippen LogP contribution in [-0.2, 0) is 16.2 Å². The van der Waals surface area contributed by atoms with E-state index < -0.39 is 12.1 Å². The first-order valence-electron chi connectivity index (χ1n) is 28.2. The number of fused-ring (bicyclic) bond motifs is 7. The topological polar surface area (TPSA) is 38.5 Å². The second kappa shape index (κ2) is 16.8. The largest absolute Gasteiger partial charge is 0.457 e. The van der Waals surface area contributed by atoms with Gasteiger partial charge in [0.05, 0.1) is 43.0 Å². The van der Waals surface area contributed by atoms with Crippen molar-refractivity contribution in [2.45, 2.75) is 78.6 Å². The van der Waals surface area contributed by atoms with Crippen LogP contribution in [0, 0.1) is 0 Å². The molecule has 0 fully saturated rings. The number of para-hydroxylation sites is 5. The van der Waals surface area contributed by atoms with Gasteiger partial charge in [-0.1, -0.05) is 153 Å². The lowest BCUT2D eigenvalue weighted by Gasteiger charge is -2.29. The Morgan fingerprint density at radius 2 is 1.10 bits per heavy atom. The fourth-order valence-electron chi connectivity index (χ4n) is 10.4. The summed E-state index contributed by atoms with van der Waals surface area (Å²) in [6.45, 7) is 20.8. The van der Waals surface area contributed by atoms with E-state index in [4.69, 9.17) is 19.3 Å². The molecule has 356 valence electrons. The van der Waals surface area contributed by atoms with Gasteiger partial charge in [0.2, 0.25) is 0 Å². The van der Waals surface area contributed by atoms with E-state index in [-0.39, 0.29) is 68.3 Å². The van der Waals surface area contributed by atoms with Crippen LogP contribution in [0.25, 0.3) is 66.2 Å². The minimum Gasteiger partial charge on any atom is -0.457 e. The van der Waals surface area contributed by atoms with E-state index in [0.717, 1.165) is 61.4 Å². The van der Waals surface area contributed by atoms with Crippen LogP contribution in [0.2, 0.25) is 0 Å². The third-order valence-electron chi connectivity index (χ3n) is 14.1. The van der Waals surface area contributed by atoms with Gasteiger partial charge >= 0.3 is 0 Å². The van der Waals surface area contributed by atoms with E-state index in [1.165, 1.54) is 22.9 Å². The molecule has 1 aliphatic rings. The first-order valence-corrected chi connectivity index (χ1v) is 24.7. The number of ether oxygens (including phenoxy) is 1. The molecule has 12 rings (SSSR count). The lowest BCUT2D eigenvalue weighted by molar-refractivity contribution is 0.483. The molecule has 0 saturated carbocycles. The zero-order chi connectivity index (χ0) is 55.8. The summed E-state index contributed by atoms with van der Waals surface area (Å²) in [5.74, 6) is 2.11. The highest BCUT2D eigenvalue weighted by Crippen LogP contribution is 2.47. The molecule has 0 unspecified atom stereocenters. The van der Waals surface area contributed by atoms with E-state index in [1.54, 1.807) is 4.57 Å². The smallest absolute Gasteiger partial charge is 0.137 e. The van der Waals surface area contributed by atoms with Gasteiger partial charge in [0, 0.05) is 62.5 Å². The number of nitrogens with zero attached hydrogens (tertiary/aromatic N) is 5. The Hall–Kier alpha value is -8.09. The van der Waals surface area contributed by atoms with Gasteiger partial charge in [-0.05, 0) is 123 Å². The Bertz CT molecular complexity index is 4300. The Morgan fingerprint density at radius 3 is 1.85 bits per heavy atom. The van der Waals surface area contributed by atoms with E-state index in [0.29, 0.717) is 23.9 Å². The molecule has 8 aromatic carbocycles. The van der Waals surface area contributed by atoms with Crippen LogP contribution in [0.4, 0.5) is 22.7 Å². The van der Waals surface area contributed by atoms with Gasteiger partial charge < -0.3 is 19.1 Å². The van der Waals surface area contributed by atoms with Crippen molar-refractivity contribution in [2.24, 2.45) is 0 Å². The SMILES string of the molecule is [2H]c1cc([2H])c2c3c([2H])c([2H])c([2H])c([2H])c3n(-c3cccc(-c4cnc(-n5c6ccccc6c6ccc(Oc7cccc(N8CN(c9cc(C(C)(C)C)cc(C(C)(C)C)c9)c9ccccc98)c7)cc65)cc4C(C)(C)C)c3)c2c1[2H]. The molecule has 6 nitrogen and oxygen atoms in total. The number of hydrogen-bond donors (Lipinski definition) is 0. The first-order chi connectivity index (χ1) is 37.5. The van der Waals surface area contributed by atoms with E-state index in [9.17, 15) is 0 Å². The molecule has 0 aliphatic carbocycles. The molecule has 11 aromatic rings. The maximum Gasteiger partial charge on any atom is 0.137 e. The van der Waals surface area contributed by atoms with Crippen LogP contribution in [0.1, 0.15) is 88.6 Å². The van der Waals surface area contributed by atoms with E-state index >= 15 is 0 Å². The predicted octanol–water partition coefficient (Wildman–Crippen LogP) is 17.9. The number of rotatable bonds is 7. The van der Waals surface area contributed by atoms with Gasteiger partial charge in [-0.25, -0.2) is 4.98 Å². The molecule has 0 N–H and O–H groups in total. The Labute approximate surface area is 433 Å². The molecule has 6 heteroatoms. The molecule has 0 spiro atoms. The average molecular weight is 947 g/mol. The van der Waals surface area contributed by atoms with E-state index in [2.05, 4.69) is 174 Å². The zero-order valence-electron chi connectivity index (χ0n) is 49.3. The molecule has 4 heterocycles. The molecule has 0 amide bonds. The first kappa shape index (κ1) is 37.7. The van der Waals surface area contributed by atoms with Gasteiger partial charge in [0.15, 0.2) is 0 Å². The summed E-state index contributed by atoms with van der Waals surface area (Å²) in [5, 5.41) is 2.48. The lowest BCUT2D eigenvalue weighted by Crippen LogP contribution is -2.25. The van der Waals surface area contributed by atoms with Crippen molar-refractivity contribution in [1.82, 2.24) is 14.1 Å². The summed E-state index contributed by atoms with van der Waals surface area (Å²) in [6.07, 6.45) is 1.89. The highest BCUT2D eigenvalue weighted by atomic mass is 16.5. The number of aromatic nitrogens is 3. The van der Waals surface area contributed by atoms with Gasteiger partial charge in [-0.15, -0.1) is 0 Å². The predicted molar refractivity (Wildman–Crippen MR) is 303 cm³/mol. The summed E-state index contributed by atoms with van der Waals surface area (Å²) in [5.41, 5.74) is 12.1. The minimum absolute atomic E-state index is 0.0207. The summed E-state index contributed by atoms with van der Waals surface area (Å²) in [4.78, 5) is 10.00. The van der Waals surface area contributed by atoms with Crippen molar-refractivity contribution >= 4 is 66.4 Å². The molecule has 0 radical (unpaired) electrons. The van der Waals surface area contributed by atoms with Crippen molar-refractivity contribution in [3.8, 4) is 34.1 Å². The fraction of sp³-hybridized carbons (Fsp3) is 0.197. The standard InChI is InChI=1S/C66H61N5O/c1-64(2,3)44-35-45(65(4,5)6)37-48(36-44)69-42-68(60-30-16-17-31-61(60)69)46-21-19-23-49(38-46)72-50-32-33-54-53-26-12-15-29-59(53)71(62(54)39-50)63-40-56(66(7,8)9)55(41-67-63)43-20-18-22-47(34-43)70-57-27-13-10-24-51(57)52-25-11-14-28-58(52)70/h10-41H,42H2,1-9H3/i10D,13D,14D,24D,25D,27D,28D. The fourth-order valence-corrected chi connectivity index (χ4v) is 10.4. The van der Waals surface area contributed by atoms with Crippen LogP contribution >= 0.6 is 0 Å². The average Bonchev–Trinajstić information content (AvgIpc) is 3.85. The van der Waals surface area contributed by atoms with E-state index in [1.807, 2.05) is 48.7 Å². The maximum atomic E-state index is 9.08. The van der Waals surface area contributed by atoms with Crippen LogP contribution < -0.4 is 14.5 Å². The molecule has 1 aliphatic heterocycles. The lowest BCUT2D eigenvalue weighted by atomic mass is 9.80. The van der Waals surface area contributed by atoms with Gasteiger partial charge in [0.25, 0.3) is 0 Å². The molecule has 0 atom stereocenters. The van der Waals surface area contributed by atoms with Gasteiger partial charge in [-0.3, -0.25) is 4.57 Å². The summed E-state index contributed by atoms with van der Waals surface area (Å²) in [6, 6.07) is 47.7. The molecular formula is C66H61N5O. The molecule has 72 heavy (non-hydrogen) atoms. The van der Waals surface area contributed by atoms with Crippen molar-refractivity contribution in [1.29, 1.82) is 0 Å². The van der Waals surface area contributed by atoms with Crippen LogP contribution in [0.5, 0.6) is 11.5 Å². The second-order valence-electron chi connectivity index (χ2n) is 22.1. The molecular weight excluding hydrogens is 879 g/mol. The Kier molecular flexibility index (Phi) is 8.78. The third kappa shape index (κ3) is 7.77. The minimum atomic E-state index is -0.422. The van der Waals surface area contributed by atoms with Crippen molar-refractivity contribution in [3.05, 3.63) is 211 Å². The summed E-state index contributed by atoms with van der Waals surface area (Å²) in [7, 11) is 0. The quantitative estimate of drug-likeness (QED) is 0.160. The number of benzene rings is 8. The molecule has 0 saturated heterocycles. The highest BCUT2D eigenvalue weighted by Gasteiger charge is 2.31. The van der Waals surface area contributed by atoms with Gasteiger partial charge in [-0.2, -0.15) is 0 Å². The van der Waals surface area contributed by atoms with Gasteiger partial charge in [0.1, 0.15) is 24.0 Å². The second-order valence-corrected chi connectivity index (χ2v) is 22.1. The van der Waals surface area contributed by atoms with Crippen molar-refractivity contribution in [2.75, 3.05) is 16.5 Å². The summed E-state index contributed by atoms with van der Waals surface area (Å²) < 4.78 is 72.3. The maximum absolute atomic E-state index is 9.08. The monoisotopic (exact) mass is 947 g/mol. The van der Waals surface area contributed by atoms with Crippen molar-refractivity contribution < 1.29 is 14.3 Å². The normalized spacial score (nSPS) is 14.6. The van der Waals surface area contributed by atoms with Crippen LogP contribution in [0.15, 0.2) is 194 Å². The molecule has 0 bridgehead atoms. The zero-order valence-corrected chi connectivity index (χ0v) is 42.3. The summed E-state index contributed by atoms with van der Waals surface area (Å²) >= 11 is 0. The van der Waals surface area contributed by atoms with Crippen molar-refractivity contribution in [3.63, 3.8) is 0 Å². The Morgan fingerprint density at radius 1 is 0.458 bits per heavy atom. The van der Waals surface area contributed by atoms with Crippen LogP contribution in [0.3, 0.4) is 0 Å². The Balaban J connectivity index is 0.925. The molecule has 3 aromatic heterocycles.